The molecule has 0 bridgehead atoms. The van der Waals surface area contributed by atoms with Crippen molar-refractivity contribution >= 4 is 27.6 Å². The highest BCUT2D eigenvalue weighted by Crippen LogP contribution is 2.19. The molecule has 2 heterocycles. The molecule has 1 aromatic carbocycles. The average molecular weight is 400 g/mol. The van der Waals surface area contributed by atoms with E-state index in [9.17, 15) is 13.2 Å². The van der Waals surface area contributed by atoms with E-state index in [1.54, 1.807) is 17.7 Å². The first-order valence-corrected chi connectivity index (χ1v) is 10.1. The zero-order chi connectivity index (χ0) is 20.3. The molecule has 1 amide bonds. The topological polar surface area (TPSA) is 119 Å². The Hall–Kier alpha value is -3.27. The average Bonchev–Trinajstić information content (AvgIpc) is 2.96. The minimum atomic E-state index is -3.83. The number of hydrogen-bond acceptors (Lipinski definition) is 6. The lowest BCUT2D eigenvalue weighted by molar-refractivity contribution is 0.102. The Balaban J connectivity index is 1.76. The number of sulfonamides is 1. The number of carbonyl (C=O) groups excluding carboxylic acids is 1. The van der Waals surface area contributed by atoms with Crippen molar-refractivity contribution in [2.45, 2.75) is 32.2 Å². The Morgan fingerprint density at radius 3 is 2.32 bits per heavy atom. The van der Waals surface area contributed by atoms with Crippen molar-refractivity contribution in [3.05, 3.63) is 59.7 Å². The van der Waals surface area contributed by atoms with Gasteiger partial charge >= 0.3 is 0 Å². The summed E-state index contributed by atoms with van der Waals surface area (Å²) in [5.74, 6) is -0.306. The number of benzene rings is 1. The van der Waals surface area contributed by atoms with Crippen molar-refractivity contribution in [2.24, 2.45) is 0 Å². The fraction of sp³-hybridized carbons (Fsp3) is 0.222. The first-order valence-electron chi connectivity index (χ1n) is 8.57. The molecular formula is C18H20N6O3S. The van der Waals surface area contributed by atoms with Crippen LogP contribution in [0.4, 0.5) is 11.6 Å². The molecule has 0 atom stereocenters. The Kier molecular flexibility index (Phi) is 5.41. The van der Waals surface area contributed by atoms with Gasteiger partial charge in [0.15, 0.2) is 0 Å². The van der Waals surface area contributed by atoms with Gasteiger partial charge in [-0.3, -0.25) is 9.48 Å². The van der Waals surface area contributed by atoms with Crippen LogP contribution in [-0.2, 0) is 16.6 Å². The molecule has 0 aliphatic heterocycles. The second kappa shape index (κ2) is 7.77. The molecule has 9 nitrogen and oxygen atoms in total. The zero-order valence-corrected chi connectivity index (χ0v) is 16.5. The van der Waals surface area contributed by atoms with Gasteiger partial charge in [-0.15, -0.1) is 0 Å². The van der Waals surface area contributed by atoms with Crippen molar-refractivity contribution in [2.75, 3.05) is 10.0 Å². The predicted molar refractivity (Wildman–Crippen MR) is 105 cm³/mol. The van der Waals surface area contributed by atoms with Gasteiger partial charge in [0.1, 0.15) is 0 Å². The maximum atomic E-state index is 12.6. The summed E-state index contributed by atoms with van der Waals surface area (Å²) >= 11 is 0. The third kappa shape index (κ3) is 4.01. The standard InChI is InChI=1S/C18H20N6O3S/c1-4-24-13(3)16(12(2)22-24)17(25)21-14-6-8-15(9-7-14)28(26,27)23-18-19-10-5-11-20-18/h5-11H,4H2,1-3H3,(H,21,25)(H,19,20,23). The lowest BCUT2D eigenvalue weighted by Gasteiger charge is -2.09. The quantitative estimate of drug-likeness (QED) is 0.656. The van der Waals surface area contributed by atoms with Crippen molar-refractivity contribution in [1.29, 1.82) is 0 Å². The SMILES string of the molecule is CCn1nc(C)c(C(=O)Nc2ccc(S(=O)(=O)Nc3ncccn3)cc2)c1C. The lowest BCUT2D eigenvalue weighted by Crippen LogP contribution is -2.16. The summed E-state index contributed by atoms with van der Waals surface area (Å²) < 4.78 is 28.8. The molecule has 0 spiro atoms. The van der Waals surface area contributed by atoms with Crippen molar-refractivity contribution < 1.29 is 13.2 Å². The minimum absolute atomic E-state index is 0.0150. The third-order valence-electron chi connectivity index (χ3n) is 4.12. The van der Waals surface area contributed by atoms with Gasteiger partial charge in [0.25, 0.3) is 15.9 Å². The summed E-state index contributed by atoms with van der Waals surface area (Å²) in [6, 6.07) is 7.43. The second-order valence-corrected chi connectivity index (χ2v) is 7.70. The minimum Gasteiger partial charge on any atom is -0.322 e. The van der Waals surface area contributed by atoms with Crippen molar-refractivity contribution in [1.82, 2.24) is 19.7 Å². The van der Waals surface area contributed by atoms with E-state index in [4.69, 9.17) is 0 Å². The third-order valence-corrected chi connectivity index (χ3v) is 5.47. The number of aromatic nitrogens is 4. The van der Waals surface area contributed by atoms with E-state index in [1.165, 1.54) is 36.7 Å². The van der Waals surface area contributed by atoms with E-state index >= 15 is 0 Å². The van der Waals surface area contributed by atoms with Gasteiger partial charge in [-0.1, -0.05) is 0 Å². The van der Waals surface area contributed by atoms with Gasteiger partial charge in [-0.2, -0.15) is 5.10 Å². The summed E-state index contributed by atoms with van der Waals surface area (Å²) in [4.78, 5) is 20.3. The summed E-state index contributed by atoms with van der Waals surface area (Å²) in [6.45, 7) is 6.24. The molecule has 0 saturated carbocycles. The fourth-order valence-corrected chi connectivity index (χ4v) is 3.73. The molecule has 146 valence electrons. The number of amides is 1. The highest BCUT2D eigenvalue weighted by molar-refractivity contribution is 7.92. The molecule has 2 N–H and O–H groups in total. The molecule has 0 fully saturated rings. The lowest BCUT2D eigenvalue weighted by atomic mass is 10.2. The number of hydrogen-bond donors (Lipinski definition) is 2. The zero-order valence-electron chi connectivity index (χ0n) is 15.7. The second-order valence-electron chi connectivity index (χ2n) is 6.02. The first-order chi connectivity index (χ1) is 13.3. The van der Waals surface area contributed by atoms with E-state index in [0.717, 1.165) is 5.69 Å². The molecule has 0 unspecified atom stereocenters. The molecule has 0 aliphatic carbocycles. The van der Waals surface area contributed by atoms with E-state index in [2.05, 4.69) is 25.1 Å². The van der Waals surface area contributed by atoms with Crippen LogP contribution in [0.1, 0.15) is 28.7 Å². The van der Waals surface area contributed by atoms with Gasteiger partial charge in [0.05, 0.1) is 16.2 Å². The molecule has 0 radical (unpaired) electrons. The van der Waals surface area contributed by atoms with Crippen LogP contribution in [-0.4, -0.2) is 34.1 Å². The highest BCUT2D eigenvalue weighted by Gasteiger charge is 2.19. The van der Waals surface area contributed by atoms with E-state index in [0.29, 0.717) is 23.5 Å². The number of nitrogens with one attached hydrogen (secondary N) is 2. The maximum absolute atomic E-state index is 12.6. The number of anilines is 2. The van der Waals surface area contributed by atoms with Crippen LogP contribution >= 0.6 is 0 Å². The van der Waals surface area contributed by atoms with Crippen molar-refractivity contribution in [3.63, 3.8) is 0 Å². The smallest absolute Gasteiger partial charge is 0.264 e. The summed E-state index contributed by atoms with van der Waals surface area (Å²) in [5, 5.41) is 7.11. The van der Waals surface area contributed by atoms with Crippen LogP contribution in [0.2, 0.25) is 0 Å². The van der Waals surface area contributed by atoms with Gasteiger partial charge in [-0.05, 0) is 51.1 Å². The maximum Gasteiger partial charge on any atom is 0.264 e. The Morgan fingerprint density at radius 2 is 1.75 bits per heavy atom. The monoisotopic (exact) mass is 400 g/mol. The molecule has 10 heteroatoms. The number of nitrogens with zero attached hydrogens (tertiary/aromatic N) is 4. The normalized spacial score (nSPS) is 11.2. The Labute approximate surface area is 162 Å². The van der Waals surface area contributed by atoms with Crippen LogP contribution < -0.4 is 10.0 Å². The highest BCUT2D eigenvalue weighted by atomic mass is 32.2. The van der Waals surface area contributed by atoms with Crippen LogP contribution in [0.15, 0.2) is 47.6 Å². The van der Waals surface area contributed by atoms with Crippen molar-refractivity contribution in [3.8, 4) is 0 Å². The molecule has 0 saturated heterocycles. The van der Waals surface area contributed by atoms with Gasteiger partial charge in [-0.25, -0.2) is 23.1 Å². The largest absolute Gasteiger partial charge is 0.322 e. The summed E-state index contributed by atoms with van der Waals surface area (Å²) in [6.07, 6.45) is 2.88. The fourth-order valence-electron chi connectivity index (χ4n) is 2.78. The Bertz CT molecular complexity index is 1090. The molecular weight excluding hydrogens is 380 g/mol. The van der Waals surface area contributed by atoms with Gasteiger partial charge in [0, 0.05) is 30.3 Å². The molecule has 3 aromatic rings. The molecule has 0 aliphatic rings. The number of rotatable bonds is 6. The summed E-state index contributed by atoms with van der Waals surface area (Å²) in [7, 11) is -3.83. The number of aryl methyl sites for hydroxylation is 2. The molecule has 2 aromatic heterocycles. The van der Waals surface area contributed by atoms with Gasteiger partial charge < -0.3 is 5.32 Å². The molecule has 28 heavy (non-hydrogen) atoms. The predicted octanol–water partition coefficient (Wildman–Crippen LogP) is 2.36. The first kappa shape index (κ1) is 19.5. The van der Waals surface area contributed by atoms with Crippen LogP contribution in [0.3, 0.4) is 0 Å². The van der Waals surface area contributed by atoms with E-state index in [1.807, 2.05) is 13.8 Å². The van der Waals surface area contributed by atoms with E-state index < -0.39 is 10.0 Å². The number of carbonyl (C=O) groups is 1. The molecule has 3 rings (SSSR count). The van der Waals surface area contributed by atoms with Crippen LogP contribution in [0, 0.1) is 13.8 Å². The van der Waals surface area contributed by atoms with Gasteiger partial charge in [0.2, 0.25) is 5.95 Å². The summed E-state index contributed by atoms with van der Waals surface area (Å²) in [5.41, 5.74) is 2.41. The van der Waals surface area contributed by atoms with Crippen LogP contribution in [0.25, 0.3) is 0 Å². The Morgan fingerprint density at radius 1 is 1.11 bits per heavy atom. The van der Waals surface area contributed by atoms with E-state index in [-0.39, 0.29) is 16.8 Å². The van der Waals surface area contributed by atoms with Crippen LogP contribution in [0.5, 0.6) is 0 Å².